The molecule has 1 unspecified atom stereocenters. The highest BCUT2D eigenvalue weighted by atomic mass is 16.2. The summed E-state index contributed by atoms with van der Waals surface area (Å²) < 4.78 is 0. The number of nitrogens with zero attached hydrogens (tertiary/aromatic N) is 3. The normalized spacial score (nSPS) is 16.9. The third kappa shape index (κ3) is 2.71. The van der Waals surface area contributed by atoms with Crippen molar-refractivity contribution in [1.82, 2.24) is 9.88 Å². The summed E-state index contributed by atoms with van der Waals surface area (Å²) in [5.41, 5.74) is 1.25. The second kappa shape index (κ2) is 6.59. The van der Waals surface area contributed by atoms with Crippen molar-refractivity contribution in [2.45, 2.75) is 12.5 Å². The van der Waals surface area contributed by atoms with Crippen LogP contribution in [0.15, 0.2) is 66.9 Å². The first-order valence-corrected chi connectivity index (χ1v) is 8.64. The number of hydrogen-bond donors (Lipinski definition) is 0. The van der Waals surface area contributed by atoms with Crippen molar-refractivity contribution in [1.29, 1.82) is 0 Å². The van der Waals surface area contributed by atoms with E-state index in [1.54, 1.807) is 18.1 Å². The third-order valence-corrected chi connectivity index (χ3v) is 4.91. The number of anilines is 1. The first kappa shape index (κ1) is 16.3. The van der Waals surface area contributed by atoms with Gasteiger partial charge in [-0.1, -0.05) is 42.5 Å². The molecule has 2 amide bonds. The van der Waals surface area contributed by atoms with Gasteiger partial charge in [0.1, 0.15) is 11.7 Å². The number of para-hydroxylation sites is 1. The zero-order valence-electron chi connectivity index (χ0n) is 14.5. The van der Waals surface area contributed by atoms with Gasteiger partial charge in [0, 0.05) is 30.9 Å². The summed E-state index contributed by atoms with van der Waals surface area (Å²) >= 11 is 0. The predicted molar refractivity (Wildman–Crippen MR) is 101 cm³/mol. The molecule has 5 nitrogen and oxygen atoms in total. The largest absolute Gasteiger partial charge is 0.328 e. The number of benzene rings is 2. The van der Waals surface area contributed by atoms with Gasteiger partial charge < -0.3 is 9.80 Å². The Bertz CT molecular complexity index is 966. The number of hydrogen-bond acceptors (Lipinski definition) is 3. The van der Waals surface area contributed by atoms with E-state index in [4.69, 9.17) is 0 Å². The van der Waals surface area contributed by atoms with Gasteiger partial charge in [-0.2, -0.15) is 0 Å². The Hall–Kier alpha value is -3.21. The number of carbonyl (C=O) groups is 2. The summed E-state index contributed by atoms with van der Waals surface area (Å²) in [5, 5.41) is 1.76. The minimum absolute atomic E-state index is 0.0488. The van der Waals surface area contributed by atoms with E-state index in [2.05, 4.69) is 4.98 Å². The van der Waals surface area contributed by atoms with Crippen LogP contribution in [0.1, 0.15) is 16.9 Å². The van der Waals surface area contributed by atoms with Crippen molar-refractivity contribution in [3.8, 4) is 0 Å². The lowest BCUT2D eigenvalue weighted by atomic mass is 10.1. The van der Waals surface area contributed by atoms with Crippen LogP contribution in [-0.4, -0.2) is 41.3 Å². The molecule has 0 spiro atoms. The van der Waals surface area contributed by atoms with Gasteiger partial charge in [-0.15, -0.1) is 0 Å². The van der Waals surface area contributed by atoms with Crippen molar-refractivity contribution < 1.29 is 9.59 Å². The molecule has 4 rings (SSSR count). The van der Waals surface area contributed by atoms with Crippen LogP contribution in [0.5, 0.6) is 0 Å². The summed E-state index contributed by atoms with van der Waals surface area (Å²) in [6.07, 6.45) is 2.25. The van der Waals surface area contributed by atoms with Gasteiger partial charge in [-0.3, -0.25) is 14.6 Å². The molecular weight excluding hydrogens is 326 g/mol. The highest BCUT2D eigenvalue weighted by Gasteiger charge is 2.37. The van der Waals surface area contributed by atoms with Gasteiger partial charge in [0.2, 0.25) is 5.91 Å². The van der Waals surface area contributed by atoms with Gasteiger partial charge in [-0.05, 0) is 30.0 Å². The molecule has 3 aromatic rings. The molecule has 1 aliphatic rings. The Kier molecular flexibility index (Phi) is 4.13. The van der Waals surface area contributed by atoms with Crippen molar-refractivity contribution in [3.63, 3.8) is 0 Å². The number of pyridine rings is 1. The summed E-state index contributed by atoms with van der Waals surface area (Å²) in [6.45, 7) is 0.605. The molecule has 0 saturated carbocycles. The maximum Gasteiger partial charge on any atom is 0.273 e. The highest BCUT2D eigenvalue weighted by Crippen LogP contribution is 2.25. The van der Waals surface area contributed by atoms with Crippen molar-refractivity contribution >= 4 is 28.3 Å². The van der Waals surface area contributed by atoms with Crippen molar-refractivity contribution in [3.05, 3.63) is 72.6 Å². The fraction of sp³-hybridized carbons (Fsp3) is 0.190. The molecule has 26 heavy (non-hydrogen) atoms. The molecule has 1 aliphatic heterocycles. The molecule has 0 radical (unpaired) electrons. The Balaban J connectivity index is 1.60. The Morgan fingerprint density at radius 1 is 1.08 bits per heavy atom. The van der Waals surface area contributed by atoms with Crippen LogP contribution in [0.4, 0.5) is 5.69 Å². The average molecular weight is 345 g/mol. The zero-order chi connectivity index (χ0) is 18.1. The second-order valence-corrected chi connectivity index (χ2v) is 6.43. The van der Waals surface area contributed by atoms with Crippen molar-refractivity contribution in [2.24, 2.45) is 0 Å². The minimum atomic E-state index is -0.469. The molecular formula is C21H19N3O2. The number of aromatic nitrogens is 1. The van der Waals surface area contributed by atoms with Crippen LogP contribution in [0.3, 0.4) is 0 Å². The summed E-state index contributed by atoms with van der Waals surface area (Å²) in [7, 11) is 1.68. The maximum atomic E-state index is 13.0. The van der Waals surface area contributed by atoms with Crippen LogP contribution in [-0.2, 0) is 4.79 Å². The molecule has 130 valence electrons. The van der Waals surface area contributed by atoms with Crippen LogP contribution in [0.25, 0.3) is 10.8 Å². The molecule has 0 N–H and O–H groups in total. The van der Waals surface area contributed by atoms with E-state index in [0.717, 1.165) is 16.5 Å². The minimum Gasteiger partial charge on any atom is -0.328 e. The smallest absolute Gasteiger partial charge is 0.273 e. The number of fused-ring (bicyclic) bond motifs is 1. The van der Waals surface area contributed by atoms with Crippen molar-refractivity contribution in [2.75, 3.05) is 18.5 Å². The topological polar surface area (TPSA) is 53.5 Å². The number of carbonyl (C=O) groups excluding carboxylic acids is 2. The van der Waals surface area contributed by atoms with Gasteiger partial charge in [-0.25, -0.2) is 0 Å². The highest BCUT2D eigenvalue weighted by molar-refractivity contribution is 6.08. The number of likely N-dealkylation sites (N-methyl/N-ethyl adjacent to an activating group) is 1. The monoisotopic (exact) mass is 345 g/mol. The molecule has 1 saturated heterocycles. The fourth-order valence-electron chi connectivity index (χ4n) is 3.49. The van der Waals surface area contributed by atoms with E-state index in [1.165, 1.54) is 4.90 Å². The van der Waals surface area contributed by atoms with Crippen LogP contribution in [0, 0.1) is 0 Å². The average Bonchev–Trinajstić information content (AvgIpc) is 3.08. The predicted octanol–water partition coefficient (Wildman–Crippen LogP) is 3.11. The molecule has 1 atom stereocenters. The lowest BCUT2D eigenvalue weighted by molar-refractivity contribution is -0.120. The van der Waals surface area contributed by atoms with Gasteiger partial charge >= 0.3 is 0 Å². The van der Waals surface area contributed by atoms with E-state index in [-0.39, 0.29) is 11.8 Å². The Morgan fingerprint density at radius 3 is 2.62 bits per heavy atom. The third-order valence-electron chi connectivity index (χ3n) is 4.91. The molecule has 2 heterocycles. The summed E-state index contributed by atoms with van der Waals surface area (Å²) in [5.74, 6) is -0.276. The van der Waals surface area contributed by atoms with E-state index in [1.807, 2.05) is 60.7 Å². The maximum absolute atomic E-state index is 13.0. The molecule has 0 aliphatic carbocycles. The molecule has 2 aromatic carbocycles. The first-order chi connectivity index (χ1) is 12.7. The Labute approximate surface area is 151 Å². The molecule has 0 bridgehead atoms. The standard InChI is InChI=1S/C21H19N3O2/c1-23(18-12-14-24(20(18)25)16-8-3-2-4-9-16)21(26)19-17-10-6-5-7-15(17)11-13-22-19/h2-11,13,18H,12,14H2,1H3. The zero-order valence-corrected chi connectivity index (χ0v) is 14.5. The SMILES string of the molecule is CN(C(=O)c1nccc2ccccc12)C1CCN(c2ccccc2)C1=O. The molecule has 1 aromatic heterocycles. The summed E-state index contributed by atoms with van der Waals surface area (Å²) in [4.78, 5) is 33.4. The van der Waals surface area contributed by atoms with Gasteiger partial charge in [0.15, 0.2) is 0 Å². The molecule has 5 heteroatoms. The van der Waals surface area contributed by atoms with Gasteiger partial charge in [0.05, 0.1) is 0 Å². The lowest BCUT2D eigenvalue weighted by Gasteiger charge is -2.24. The van der Waals surface area contributed by atoms with Crippen LogP contribution in [0.2, 0.25) is 0 Å². The van der Waals surface area contributed by atoms with E-state index < -0.39 is 6.04 Å². The second-order valence-electron chi connectivity index (χ2n) is 6.43. The van der Waals surface area contributed by atoms with E-state index in [0.29, 0.717) is 18.7 Å². The number of rotatable bonds is 3. The van der Waals surface area contributed by atoms with Gasteiger partial charge in [0.25, 0.3) is 5.91 Å². The lowest BCUT2D eigenvalue weighted by Crippen LogP contribution is -2.43. The molecule has 1 fully saturated rings. The van der Waals surface area contributed by atoms with E-state index in [9.17, 15) is 9.59 Å². The first-order valence-electron chi connectivity index (χ1n) is 8.64. The van der Waals surface area contributed by atoms with E-state index >= 15 is 0 Å². The number of amides is 2. The van der Waals surface area contributed by atoms with Crippen LogP contribution < -0.4 is 4.90 Å². The Morgan fingerprint density at radius 2 is 1.81 bits per heavy atom. The summed E-state index contributed by atoms with van der Waals surface area (Å²) in [6, 6.07) is 18.6. The fourth-order valence-corrected chi connectivity index (χ4v) is 3.49. The quantitative estimate of drug-likeness (QED) is 0.733. The van der Waals surface area contributed by atoms with Crippen LogP contribution >= 0.6 is 0 Å².